The van der Waals surface area contributed by atoms with Crippen LogP contribution in [0.2, 0.25) is 0 Å². The van der Waals surface area contributed by atoms with Crippen molar-refractivity contribution in [1.82, 2.24) is 0 Å². The highest BCUT2D eigenvalue weighted by Gasteiger charge is 2.50. The number of para-hydroxylation sites is 3. The Hall–Kier alpha value is -3.47. The molecule has 0 fully saturated rings. The standard InChI is InChI=1S/C25H23NO4/c1-16-9-8-12-18-22-21(24(27)28-2)25(30-23(16)18)29-20-14-7-6-13-19(20)26(22)15-17-10-4-3-5-11-17/h3-14,21-22,25H,15H2,1-2H3/t21-,22+,25-/m1/s1. The molecule has 152 valence electrons. The van der Waals surface area contributed by atoms with Crippen LogP contribution in [0.4, 0.5) is 5.69 Å². The summed E-state index contributed by atoms with van der Waals surface area (Å²) in [6, 6.07) is 23.9. The lowest BCUT2D eigenvalue weighted by atomic mass is 9.86. The second-order valence-electron chi connectivity index (χ2n) is 7.67. The zero-order valence-corrected chi connectivity index (χ0v) is 16.9. The molecule has 0 radical (unpaired) electrons. The van der Waals surface area contributed by atoms with Gasteiger partial charge in [-0.2, -0.15) is 0 Å². The maximum Gasteiger partial charge on any atom is 0.318 e. The molecule has 2 bridgehead atoms. The van der Waals surface area contributed by atoms with Gasteiger partial charge in [-0.1, -0.05) is 60.7 Å². The molecule has 3 aromatic carbocycles. The average Bonchev–Trinajstić information content (AvgIpc) is 2.87. The fraction of sp³-hybridized carbons (Fsp3) is 0.240. The van der Waals surface area contributed by atoms with Crippen LogP contribution in [0.3, 0.4) is 0 Å². The molecule has 0 N–H and O–H groups in total. The van der Waals surface area contributed by atoms with Crippen LogP contribution < -0.4 is 14.4 Å². The van der Waals surface area contributed by atoms with Gasteiger partial charge in [0.15, 0.2) is 5.92 Å². The Morgan fingerprint density at radius 3 is 2.53 bits per heavy atom. The van der Waals surface area contributed by atoms with Gasteiger partial charge in [0.2, 0.25) is 0 Å². The van der Waals surface area contributed by atoms with Gasteiger partial charge < -0.3 is 19.1 Å². The first-order valence-electron chi connectivity index (χ1n) is 10.1. The van der Waals surface area contributed by atoms with Crippen molar-refractivity contribution >= 4 is 11.7 Å². The first-order valence-corrected chi connectivity index (χ1v) is 10.1. The van der Waals surface area contributed by atoms with Crippen molar-refractivity contribution in [3.05, 3.63) is 89.5 Å². The summed E-state index contributed by atoms with van der Waals surface area (Å²) in [6.45, 7) is 2.64. The van der Waals surface area contributed by atoms with E-state index in [1.807, 2.05) is 67.6 Å². The van der Waals surface area contributed by atoms with Gasteiger partial charge in [0.1, 0.15) is 11.5 Å². The number of methoxy groups -OCH3 is 1. The maximum atomic E-state index is 13.0. The Labute approximate surface area is 175 Å². The van der Waals surface area contributed by atoms with Gasteiger partial charge in [0.05, 0.1) is 18.8 Å². The lowest BCUT2D eigenvalue weighted by molar-refractivity contribution is -0.159. The van der Waals surface area contributed by atoms with Gasteiger partial charge in [-0.3, -0.25) is 4.79 Å². The molecule has 0 spiro atoms. The highest BCUT2D eigenvalue weighted by molar-refractivity contribution is 5.78. The molecule has 0 saturated heterocycles. The van der Waals surface area contributed by atoms with E-state index >= 15 is 0 Å². The van der Waals surface area contributed by atoms with E-state index in [1.165, 1.54) is 7.11 Å². The molecule has 30 heavy (non-hydrogen) atoms. The first-order chi connectivity index (χ1) is 14.7. The summed E-state index contributed by atoms with van der Waals surface area (Å²) < 4.78 is 17.7. The number of carbonyl (C=O) groups excluding carboxylic acids is 1. The van der Waals surface area contributed by atoms with Crippen LogP contribution in [0.5, 0.6) is 11.5 Å². The molecule has 0 saturated carbocycles. The summed E-state index contributed by atoms with van der Waals surface area (Å²) in [5.41, 5.74) is 4.06. The Balaban J connectivity index is 1.74. The number of fused-ring (bicyclic) bond motifs is 5. The van der Waals surface area contributed by atoms with E-state index in [1.54, 1.807) is 0 Å². The van der Waals surface area contributed by atoms with Crippen molar-refractivity contribution in [2.24, 2.45) is 5.92 Å². The molecular weight excluding hydrogens is 378 g/mol. The van der Waals surface area contributed by atoms with Crippen molar-refractivity contribution in [3.8, 4) is 11.5 Å². The molecule has 5 heteroatoms. The van der Waals surface area contributed by atoms with Crippen molar-refractivity contribution in [2.75, 3.05) is 12.0 Å². The molecule has 0 unspecified atom stereocenters. The van der Waals surface area contributed by atoms with Crippen LogP contribution in [0.15, 0.2) is 72.8 Å². The number of rotatable bonds is 3. The van der Waals surface area contributed by atoms with Crippen LogP contribution in [0.25, 0.3) is 0 Å². The van der Waals surface area contributed by atoms with E-state index in [4.69, 9.17) is 14.2 Å². The van der Waals surface area contributed by atoms with Crippen LogP contribution in [-0.2, 0) is 16.1 Å². The molecule has 0 aliphatic carbocycles. The quantitative estimate of drug-likeness (QED) is 0.598. The smallest absolute Gasteiger partial charge is 0.318 e. The summed E-state index contributed by atoms with van der Waals surface area (Å²) >= 11 is 0. The summed E-state index contributed by atoms with van der Waals surface area (Å²) in [6.07, 6.45) is -0.766. The molecule has 0 aromatic heterocycles. The fourth-order valence-corrected chi connectivity index (χ4v) is 4.47. The van der Waals surface area contributed by atoms with Crippen molar-refractivity contribution < 1.29 is 19.0 Å². The lowest BCUT2D eigenvalue weighted by Gasteiger charge is -2.41. The SMILES string of the molecule is COC(=O)[C@@H]1[C@@H]2Oc3ccccc3N(Cc3ccccc3)[C@H]1c1cccc(C)c1O2. The van der Waals surface area contributed by atoms with Crippen molar-refractivity contribution in [2.45, 2.75) is 25.8 Å². The van der Waals surface area contributed by atoms with Gasteiger partial charge in [-0.25, -0.2) is 0 Å². The van der Waals surface area contributed by atoms with Crippen molar-refractivity contribution in [1.29, 1.82) is 0 Å². The second-order valence-corrected chi connectivity index (χ2v) is 7.67. The maximum absolute atomic E-state index is 13.0. The number of hydrogen-bond donors (Lipinski definition) is 0. The number of hydrogen-bond acceptors (Lipinski definition) is 5. The van der Waals surface area contributed by atoms with Crippen LogP contribution in [0.1, 0.15) is 22.7 Å². The van der Waals surface area contributed by atoms with E-state index in [-0.39, 0.29) is 12.0 Å². The van der Waals surface area contributed by atoms with Gasteiger partial charge >= 0.3 is 5.97 Å². The van der Waals surface area contributed by atoms with E-state index in [9.17, 15) is 4.79 Å². The monoisotopic (exact) mass is 401 g/mol. The molecule has 3 atom stereocenters. The number of esters is 1. The van der Waals surface area contributed by atoms with Gasteiger partial charge in [0, 0.05) is 12.1 Å². The van der Waals surface area contributed by atoms with Gasteiger partial charge in [-0.05, 0) is 30.2 Å². The Morgan fingerprint density at radius 2 is 1.73 bits per heavy atom. The molecule has 3 aromatic rings. The minimum Gasteiger partial charge on any atom is -0.469 e. The zero-order valence-electron chi connectivity index (χ0n) is 16.9. The van der Waals surface area contributed by atoms with E-state index in [0.29, 0.717) is 12.3 Å². The molecule has 5 rings (SSSR count). The Kier molecular flexibility index (Phi) is 4.58. The third kappa shape index (κ3) is 2.98. The largest absolute Gasteiger partial charge is 0.469 e. The zero-order chi connectivity index (χ0) is 20.7. The summed E-state index contributed by atoms with van der Waals surface area (Å²) in [5.74, 6) is 0.502. The van der Waals surface area contributed by atoms with E-state index in [2.05, 4.69) is 17.0 Å². The van der Waals surface area contributed by atoms with E-state index in [0.717, 1.165) is 28.1 Å². The number of nitrogens with zero attached hydrogens (tertiary/aromatic N) is 1. The van der Waals surface area contributed by atoms with Crippen LogP contribution in [0, 0.1) is 12.8 Å². The van der Waals surface area contributed by atoms with Crippen LogP contribution in [-0.4, -0.2) is 19.4 Å². The summed E-state index contributed by atoms with van der Waals surface area (Å²) in [5, 5.41) is 0. The number of aryl methyl sites for hydroxylation is 1. The second kappa shape index (κ2) is 7.41. The highest BCUT2D eigenvalue weighted by Crippen LogP contribution is 2.50. The fourth-order valence-electron chi connectivity index (χ4n) is 4.47. The molecule has 2 aliphatic heterocycles. The first kappa shape index (κ1) is 18.6. The molecular formula is C25H23NO4. The number of benzene rings is 3. The minimum absolute atomic E-state index is 0.282. The van der Waals surface area contributed by atoms with Crippen LogP contribution >= 0.6 is 0 Å². The van der Waals surface area contributed by atoms with Gasteiger partial charge in [0.25, 0.3) is 6.29 Å². The van der Waals surface area contributed by atoms with E-state index < -0.39 is 12.2 Å². The Morgan fingerprint density at radius 1 is 0.967 bits per heavy atom. The van der Waals surface area contributed by atoms with Crippen molar-refractivity contribution in [3.63, 3.8) is 0 Å². The Bertz CT molecular complexity index is 1080. The number of carbonyl (C=O) groups is 1. The summed E-state index contributed by atoms with van der Waals surface area (Å²) in [4.78, 5) is 15.2. The third-order valence-corrected chi connectivity index (χ3v) is 5.85. The number of anilines is 1. The molecule has 5 nitrogen and oxygen atoms in total. The molecule has 2 aliphatic rings. The average molecular weight is 401 g/mol. The third-order valence-electron chi connectivity index (χ3n) is 5.85. The lowest BCUT2D eigenvalue weighted by Crippen LogP contribution is -2.48. The minimum atomic E-state index is -0.766. The normalized spacial score (nSPS) is 21.4. The molecule has 2 heterocycles. The van der Waals surface area contributed by atoms with Gasteiger partial charge in [-0.15, -0.1) is 0 Å². The highest BCUT2D eigenvalue weighted by atomic mass is 16.7. The molecule has 0 amide bonds. The number of ether oxygens (including phenoxy) is 3. The summed E-state index contributed by atoms with van der Waals surface area (Å²) in [7, 11) is 1.41. The predicted octanol–water partition coefficient (Wildman–Crippen LogP) is 4.64. The topological polar surface area (TPSA) is 48.0 Å². The predicted molar refractivity (Wildman–Crippen MR) is 114 cm³/mol.